The van der Waals surface area contributed by atoms with E-state index in [4.69, 9.17) is 9.72 Å². The van der Waals surface area contributed by atoms with Gasteiger partial charge in [0.15, 0.2) is 5.82 Å². The van der Waals surface area contributed by atoms with E-state index in [0.29, 0.717) is 11.5 Å². The molecule has 4 rings (SSSR count). The van der Waals surface area contributed by atoms with Gasteiger partial charge in [-0.1, -0.05) is 12.5 Å². The molecule has 1 saturated heterocycles. The van der Waals surface area contributed by atoms with Crippen LogP contribution in [0.25, 0.3) is 0 Å². The summed E-state index contributed by atoms with van der Waals surface area (Å²) >= 11 is 1.47. The van der Waals surface area contributed by atoms with Gasteiger partial charge in [-0.2, -0.15) is 4.37 Å². The summed E-state index contributed by atoms with van der Waals surface area (Å²) in [6, 6.07) is 4.60. The van der Waals surface area contributed by atoms with Crippen LogP contribution in [0.1, 0.15) is 50.5 Å². The highest BCUT2D eigenvalue weighted by molar-refractivity contribution is 7.09. The molecule has 1 spiro atoms. The molecule has 0 aromatic carbocycles. The number of nitrogens with zero attached hydrogens (tertiary/aromatic N) is 4. The first-order valence-electron chi connectivity index (χ1n) is 8.12. The van der Waals surface area contributed by atoms with Gasteiger partial charge in [-0.15, -0.1) is 0 Å². The van der Waals surface area contributed by atoms with E-state index in [1.807, 2.05) is 32.3 Å². The van der Waals surface area contributed by atoms with Crippen LogP contribution in [0.3, 0.4) is 0 Å². The molecule has 2 fully saturated rings. The van der Waals surface area contributed by atoms with E-state index in [0.717, 1.165) is 17.5 Å². The Morgan fingerprint density at radius 2 is 2.22 bits per heavy atom. The Morgan fingerprint density at radius 1 is 1.39 bits per heavy atom. The van der Waals surface area contributed by atoms with Crippen LogP contribution in [-0.4, -0.2) is 28.0 Å². The highest BCUT2D eigenvalue weighted by Crippen LogP contribution is 2.61. The Bertz CT molecular complexity index is 696. The van der Waals surface area contributed by atoms with Crippen LogP contribution < -0.4 is 4.90 Å². The number of anilines is 1. The van der Waals surface area contributed by atoms with Gasteiger partial charge in [-0.25, -0.2) is 4.98 Å². The minimum Gasteiger partial charge on any atom is -0.371 e. The number of ether oxygens (including phenoxy) is 1. The molecule has 5 nitrogen and oxygen atoms in total. The summed E-state index contributed by atoms with van der Waals surface area (Å²) in [5.74, 6) is 0.763. The van der Waals surface area contributed by atoms with Crippen molar-refractivity contribution in [3.63, 3.8) is 0 Å². The van der Waals surface area contributed by atoms with Gasteiger partial charge in [0.2, 0.25) is 5.13 Å². The Labute approximate surface area is 140 Å². The van der Waals surface area contributed by atoms with E-state index in [1.165, 1.54) is 36.4 Å². The van der Waals surface area contributed by atoms with Gasteiger partial charge in [0, 0.05) is 43.0 Å². The van der Waals surface area contributed by atoms with Crippen molar-refractivity contribution in [1.29, 1.82) is 0 Å². The third-order valence-corrected chi connectivity index (χ3v) is 6.19. The summed E-state index contributed by atoms with van der Waals surface area (Å²) < 4.78 is 10.0. The number of hydrogen-bond acceptors (Lipinski definition) is 6. The lowest BCUT2D eigenvalue weighted by atomic mass is 9.57. The van der Waals surface area contributed by atoms with E-state index >= 15 is 0 Å². The summed E-state index contributed by atoms with van der Waals surface area (Å²) in [5.41, 5.74) is 1.27. The lowest BCUT2D eigenvalue weighted by molar-refractivity contribution is 0.0118. The van der Waals surface area contributed by atoms with Crippen molar-refractivity contribution in [2.45, 2.75) is 44.8 Å². The Balaban J connectivity index is 1.64. The molecule has 1 aliphatic carbocycles. The van der Waals surface area contributed by atoms with Crippen LogP contribution >= 0.6 is 11.5 Å². The second-order valence-corrected chi connectivity index (χ2v) is 7.88. The standard InChI is InChI=1S/C17H22N4OS/c1-16(2,22-3)14-19-15(23-20-14)21-11-17(7-5-8-17)13(21)12-6-4-9-18-10-12/h4,6,9-10,13H,5,7-8,11H2,1-3H3. The van der Waals surface area contributed by atoms with Crippen molar-refractivity contribution in [2.24, 2.45) is 5.41 Å². The van der Waals surface area contributed by atoms with Gasteiger partial charge in [0.1, 0.15) is 5.60 Å². The second kappa shape index (κ2) is 5.24. The van der Waals surface area contributed by atoms with Gasteiger partial charge < -0.3 is 9.64 Å². The highest BCUT2D eigenvalue weighted by atomic mass is 32.1. The summed E-state index contributed by atoms with van der Waals surface area (Å²) in [4.78, 5) is 11.5. The second-order valence-electron chi connectivity index (χ2n) is 7.15. The molecule has 23 heavy (non-hydrogen) atoms. The fourth-order valence-corrected chi connectivity index (χ4v) is 4.55. The first-order chi connectivity index (χ1) is 11.1. The smallest absolute Gasteiger partial charge is 0.205 e. The molecule has 1 saturated carbocycles. The lowest BCUT2D eigenvalue weighted by Crippen LogP contribution is -2.62. The molecule has 2 aromatic heterocycles. The maximum atomic E-state index is 5.51. The average Bonchev–Trinajstić information content (AvgIpc) is 2.96. The summed E-state index contributed by atoms with van der Waals surface area (Å²) in [6.45, 7) is 5.08. The number of rotatable bonds is 4. The van der Waals surface area contributed by atoms with Crippen LogP contribution in [0, 0.1) is 5.41 Å². The quantitative estimate of drug-likeness (QED) is 0.858. The average molecular weight is 330 g/mol. The van der Waals surface area contributed by atoms with Gasteiger partial charge in [0.05, 0.1) is 6.04 Å². The number of methoxy groups -OCH3 is 1. The minimum absolute atomic E-state index is 0.386. The van der Waals surface area contributed by atoms with Crippen LogP contribution in [0.2, 0.25) is 0 Å². The molecule has 1 unspecified atom stereocenters. The molecule has 2 aromatic rings. The van der Waals surface area contributed by atoms with Gasteiger partial charge in [-0.3, -0.25) is 4.98 Å². The monoisotopic (exact) mass is 330 g/mol. The zero-order valence-electron chi connectivity index (χ0n) is 13.8. The molecule has 0 amide bonds. The third kappa shape index (κ3) is 2.27. The number of pyridine rings is 1. The van der Waals surface area contributed by atoms with Crippen molar-refractivity contribution < 1.29 is 4.74 Å². The zero-order chi connectivity index (χ0) is 16.1. The first-order valence-corrected chi connectivity index (χ1v) is 8.89. The summed E-state index contributed by atoms with van der Waals surface area (Å²) in [6.07, 6.45) is 7.78. The molecule has 1 atom stereocenters. The molecule has 0 radical (unpaired) electrons. The predicted octanol–water partition coefficient (Wildman–Crippen LogP) is 3.55. The van der Waals surface area contributed by atoms with E-state index < -0.39 is 5.60 Å². The van der Waals surface area contributed by atoms with E-state index in [-0.39, 0.29) is 0 Å². The topological polar surface area (TPSA) is 51.1 Å². The fourth-order valence-electron chi connectivity index (χ4n) is 3.71. The number of aromatic nitrogens is 3. The molecule has 122 valence electrons. The van der Waals surface area contributed by atoms with E-state index in [2.05, 4.69) is 20.3 Å². The van der Waals surface area contributed by atoms with Gasteiger partial charge in [-0.05, 0) is 38.3 Å². The molecule has 0 N–H and O–H groups in total. The predicted molar refractivity (Wildman–Crippen MR) is 90.6 cm³/mol. The molecule has 3 heterocycles. The molecule has 6 heteroatoms. The van der Waals surface area contributed by atoms with Crippen LogP contribution in [0.4, 0.5) is 5.13 Å². The maximum absolute atomic E-state index is 5.51. The Morgan fingerprint density at radius 3 is 2.83 bits per heavy atom. The minimum atomic E-state index is -0.447. The summed E-state index contributed by atoms with van der Waals surface area (Å²) in [7, 11) is 1.70. The van der Waals surface area contributed by atoms with Crippen molar-refractivity contribution in [3.05, 3.63) is 35.9 Å². The van der Waals surface area contributed by atoms with Crippen LogP contribution in [0.5, 0.6) is 0 Å². The third-order valence-electron chi connectivity index (χ3n) is 5.44. The SMILES string of the molecule is COC(C)(C)c1nsc(N2CC3(CCC3)C2c2cccnc2)n1. The highest BCUT2D eigenvalue weighted by Gasteiger charge is 2.57. The van der Waals surface area contributed by atoms with E-state index in [9.17, 15) is 0 Å². The van der Waals surface area contributed by atoms with Gasteiger partial charge >= 0.3 is 0 Å². The van der Waals surface area contributed by atoms with Crippen molar-refractivity contribution >= 4 is 16.7 Å². The van der Waals surface area contributed by atoms with Crippen molar-refractivity contribution in [2.75, 3.05) is 18.6 Å². The largest absolute Gasteiger partial charge is 0.371 e. The molecule has 0 bridgehead atoms. The van der Waals surface area contributed by atoms with Gasteiger partial charge in [0.25, 0.3) is 0 Å². The normalized spacial score (nSPS) is 22.7. The fraction of sp³-hybridized carbons (Fsp3) is 0.588. The van der Waals surface area contributed by atoms with Crippen molar-refractivity contribution in [1.82, 2.24) is 14.3 Å². The van der Waals surface area contributed by atoms with Crippen LogP contribution in [-0.2, 0) is 10.3 Å². The maximum Gasteiger partial charge on any atom is 0.205 e. The Kier molecular flexibility index (Phi) is 3.43. The molecule has 2 aliphatic rings. The number of hydrogen-bond donors (Lipinski definition) is 0. The lowest BCUT2D eigenvalue weighted by Gasteiger charge is -2.62. The molecule has 1 aliphatic heterocycles. The zero-order valence-corrected chi connectivity index (χ0v) is 14.6. The van der Waals surface area contributed by atoms with Crippen molar-refractivity contribution in [3.8, 4) is 0 Å². The molecular formula is C17H22N4OS. The van der Waals surface area contributed by atoms with Crippen LogP contribution in [0.15, 0.2) is 24.5 Å². The Hall–Kier alpha value is -1.53. The van der Waals surface area contributed by atoms with E-state index in [1.54, 1.807) is 7.11 Å². The summed E-state index contributed by atoms with van der Waals surface area (Å²) in [5, 5.41) is 0.997. The first kappa shape index (κ1) is 15.0. The molecular weight excluding hydrogens is 308 g/mol.